The molecule has 12 heteroatoms. The predicted molar refractivity (Wildman–Crippen MR) is 141 cm³/mol. The first-order valence-corrected chi connectivity index (χ1v) is 12.2. The summed E-state index contributed by atoms with van der Waals surface area (Å²) in [7, 11) is 1.40. The molecule has 1 atom stereocenters. The van der Waals surface area contributed by atoms with Crippen LogP contribution in [0.15, 0.2) is 81.7 Å². The fourth-order valence-corrected chi connectivity index (χ4v) is 4.93. The molecule has 5 aromatic rings. The molecule has 0 saturated carbocycles. The number of rotatable bonds is 7. The Balaban J connectivity index is 1.63. The number of hydrogen-bond acceptors (Lipinski definition) is 9. The summed E-state index contributed by atoms with van der Waals surface area (Å²) >= 11 is 1.25. The number of aromatic nitrogens is 5. The predicted octanol–water partition coefficient (Wildman–Crippen LogP) is 4.20. The number of nitriles is 1. The SMILES string of the molecule is COc1ccc(Sc2ccn3nc([C@H](C)Nc4ncnc(N)c4C#N)n(-c4ccccc4)c(=O)c23)cc1F. The van der Waals surface area contributed by atoms with E-state index in [1.807, 2.05) is 24.3 Å². The van der Waals surface area contributed by atoms with Crippen molar-refractivity contribution < 1.29 is 9.13 Å². The highest BCUT2D eigenvalue weighted by molar-refractivity contribution is 7.99. The number of para-hydroxylation sites is 1. The lowest BCUT2D eigenvalue weighted by Gasteiger charge is -2.20. The molecular weight excluding hydrogens is 507 g/mol. The van der Waals surface area contributed by atoms with Crippen molar-refractivity contribution in [2.45, 2.75) is 22.8 Å². The highest BCUT2D eigenvalue weighted by Gasteiger charge is 2.22. The van der Waals surface area contributed by atoms with Crippen LogP contribution in [0.1, 0.15) is 24.4 Å². The van der Waals surface area contributed by atoms with Crippen molar-refractivity contribution in [2.75, 3.05) is 18.2 Å². The zero-order valence-electron chi connectivity index (χ0n) is 20.3. The lowest BCUT2D eigenvalue weighted by Crippen LogP contribution is -2.29. The monoisotopic (exact) mass is 528 g/mol. The van der Waals surface area contributed by atoms with E-state index in [4.69, 9.17) is 15.6 Å². The summed E-state index contributed by atoms with van der Waals surface area (Å²) in [5.41, 5.74) is 6.55. The summed E-state index contributed by atoms with van der Waals surface area (Å²) in [4.78, 5) is 23.2. The third-order valence-electron chi connectivity index (χ3n) is 5.77. The molecule has 0 aliphatic heterocycles. The van der Waals surface area contributed by atoms with E-state index in [2.05, 4.69) is 15.3 Å². The zero-order chi connectivity index (χ0) is 26.8. The number of anilines is 2. The van der Waals surface area contributed by atoms with Crippen LogP contribution in [0.4, 0.5) is 16.0 Å². The second-order valence-electron chi connectivity index (χ2n) is 8.17. The van der Waals surface area contributed by atoms with Gasteiger partial charge in [0.2, 0.25) is 0 Å². The average Bonchev–Trinajstić information content (AvgIpc) is 3.32. The Kier molecular flexibility index (Phi) is 6.68. The number of nitrogens with two attached hydrogens (primary N) is 1. The van der Waals surface area contributed by atoms with Gasteiger partial charge in [-0.05, 0) is 43.3 Å². The highest BCUT2D eigenvalue weighted by atomic mass is 32.2. The van der Waals surface area contributed by atoms with Crippen LogP contribution in [0.25, 0.3) is 11.2 Å². The number of nitrogens with zero attached hydrogens (tertiary/aromatic N) is 6. The molecule has 3 aromatic heterocycles. The highest BCUT2D eigenvalue weighted by Crippen LogP contribution is 2.33. The van der Waals surface area contributed by atoms with Crippen molar-refractivity contribution in [2.24, 2.45) is 0 Å². The lowest BCUT2D eigenvalue weighted by molar-refractivity contribution is 0.385. The van der Waals surface area contributed by atoms with E-state index in [0.717, 1.165) is 0 Å². The standard InChI is InChI=1S/C26H21FN8O2S/c1-15(32-24-18(13-28)23(29)30-14-31-24)25-33-34-11-10-21(38-17-8-9-20(37-2)19(27)12-17)22(34)26(36)35(25)16-6-4-3-5-7-16/h3-12,14-15H,1-2H3,(H3,29,30,31,32)/t15-/m0/s1. The summed E-state index contributed by atoms with van der Waals surface area (Å²) in [6.45, 7) is 1.80. The van der Waals surface area contributed by atoms with E-state index in [1.165, 1.54) is 46.4 Å². The maximum absolute atomic E-state index is 14.3. The number of halogens is 1. The Morgan fingerprint density at radius 2 is 1.97 bits per heavy atom. The molecule has 0 aliphatic carbocycles. The second kappa shape index (κ2) is 10.2. The molecule has 10 nitrogen and oxygen atoms in total. The zero-order valence-corrected chi connectivity index (χ0v) is 21.1. The number of benzene rings is 2. The third-order valence-corrected chi connectivity index (χ3v) is 6.81. The van der Waals surface area contributed by atoms with E-state index in [9.17, 15) is 14.4 Å². The van der Waals surface area contributed by atoms with Crippen LogP contribution in [0.5, 0.6) is 5.75 Å². The van der Waals surface area contributed by atoms with Gasteiger partial charge in [-0.3, -0.25) is 9.36 Å². The smallest absolute Gasteiger partial charge is 0.283 e. The minimum atomic E-state index is -0.567. The maximum atomic E-state index is 14.3. The van der Waals surface area contributed by atoms with Gasteiger partial charge in [0.25, 0.3) is 5.56 Å². The van der Waals surface area contributed by atoms with Crippen LogP contribution in [0.2, 0.25) is 0 Å². The van der Waals surface area contributed by atoms with Crippen molar-refractivity contribution in [1.29, 1.82) is 5.26 Å². The van der Waals surface area contributed by atoms with E-state index in [1.54, 1.807) is 37.4 Å². The fraction of sp³-hybridized carbons (Fsp3) is 0.115. The van der Waals surface area contributed by atoms with Gasteiger partial charge in [0.1, 0.15) is 35.1 Å². The Morgan fingerprint density at radius 3 is 2.68 bits per heavy atom. The van der Waals surface area contributed by atoms with E-state index in [0.29, 0.717) is 26.8 Å². The minimum absolute atomic E-state index is 0.0445. The molecule has 3 N–H and O–H groups in total. The first kappa shape index (κ1) is 24.8. The fourth-order valence-electron chi connectivity index (χ4n) is 3.97. The molecule has 0 aliphatic rings. The van der Waals surface area contributed by atoms with Gasteiger partial charge in [-0.2, -0.15) is 10.4 Å². The second-order valence-corrected chi connectivity index (χ2v) is 9.28. The summed E-state index contributed by atoms with van der Waals surface area (Å²) in [6, 6.07) is 16.9. The summed E-state index contributed by atoms with van der Waals surface area (Å²) in [5.74, 6) is 0.290. The molecule has 0 unspecified atom stereocenters. The molecule has 0 radical (unpaired) electrons. The molecule has 0 fully saturated rings. The molecule has 38 heavy (non-hydrogen) atoms. The molecule has 190 valence electrons. The van der Waals surface area contributed by atoms with Crippen LogP contribution in [-0.2, 0) is 0 Å². The topological polar surface area (TPSA) is 136 Å². The van der Waals surface area contributed by atoms with Crippen LogP contribution >= 0.6 is 11.8 Å². The van der Waals surface area contributed by atoms with Gasteiger partial charge in [-0.25, -0.2) is 18.9 Å². The van der Waals surface area contributed by atoms with E-state index < -0.39 is 11.9 Å². The Hall–Kier alpha value is -4.89. The lowest BCUT2D eigenvalue weighted by atomic mass is 10.2. The van der Waals surface area contributed by atoms with Gasteiger partial charge in [-0.1, -0.05) is 30.0 Å². The Morgan fingerprint density at radius 1 is 1.18 bits per heavy atom. The molecule has 0 amide bonds. The summed E-state index contributed by atoms with van der Waals surface area (Å²) in [5, 5.41) is 17.4. The number of ether oxygens (including phenoxy) is 1. The van der Waals surface area contributed by atoms with Gasteiger partial charge in [-0.15, -0.1) is 0 Å². The van der Waals surface area contributed by atoms with Crippen LogP contribution in [-0.4, -0.2) is 31.3 Å². The Labute approximate surface area is 220 Å². The molecule has 3 heterocycles. The number of nitrogens with one attached hydrogen (secondary N) is 1. The van der Waals surface area contributed by atoms with Crippen molar-refractivity contribution in [3.63, 3.8) is 0 Å². The van der Waals surface area contributed by atoms with Gasteiger partial charge >= 0.3 is 0 Å². The minimum Gasteiger partial charge on any atom is -0.494 e. The molecule has 0 saturated heterocycles. The Bertz CT molecular complexity index is 1750. The van der Waals surface area contributed by atoms with Crippen molar-refractivity contribution in [1.82, 2.24) is 24.1 Å². The largest absolute Gasteiger partial charge is 0.494 e. The van der Waals surface area contributed by atoms with Crippen molar-refractivity contribution in [3.8, 4) is 17.5 Å². The van der Waals surface area contributed by atoms with Gasteiger partial charge in [0.15, 0.2) is 17.4 Å². The summed E-state index contributed by atoms with van der Waals surface area (Å²) in [6.07, 6.45) is 2.93. The van der Waals surface area contributed by atoms with Crippen LogP contribution < -0.4 is 21.3 Å². The molecule has 5 rings (SSSR count). The average molecular weight is 529 g/mol. The van der Waals surface area contributed by atoms with E-state index in [-0.39, 0.29) is 28.5 Å². The maximum Gasteiger partial charge on any atom is 0.283 e. The van der Waals surface area contributed by atoms with Gasteiger partial charge in [0.05, 0.1) is 18.8 Å². The summed E-state index contributed by atoms with van der Waals surface area (Å²) < 4.78 is 22.3. The van der Waals surface area contributed by atoms with Crippen LogP contribution in [0, 0.1) is 17.1 Å². The molecule has 2 aromatic carbocycles. The first-order valence-electron chi connectivity index (χ1n) is 11.4. The number of methoxy groups -OCH3 is 1. The van der Waals surface area contributed by atoms with E-state index >= 15 is 0 Å². The quantitative estimate of drug-likeness (QED) is 0.318. The first-order chi connectivity index (χ1) is 18.4. The van der Waals surface area contributed by atoms with Crippen molar-refractivity contribution in [3.05, 3.63) is 94.7 Å². The van der Waals surface area contributed by atoms with Gasteiger partial charge in [0, 0.05) is 16.0 Å². The number of hydrogen-bond donors (Lipinski definition) is 2. The number of fused-ring (bicyclic) bond motifs is 1. The molecule has 0 bridgehead atoms. The normalized spacial score (nSPS) is 11.7. The molecular formula is C26H21FN8O2S. The number of nitrogen functional groups attached to an aromatic ring is 1. The van der Waals surface area contributed by atoms with Gasteiger partial charge < -0.3 is 15.8 Å². The molecule has 0 spiro atoms. The van der Waals surface area contributed by atoms with Crippen molar-refractivity contribution >= 4 is 28.9 Å². The van der Waals surface area contributed by atoms with Crippen LogP contribution in [0.3, 0.4) is 0 Å². The third kappa shape index (κ3) is 4.51.